The van der Waals surface area contributed by atoms with Gasteiger partial charge in [0.05, 0.1) is 20.5 Å². The Hall–Kier alpha value is -1.94. The molecule has 1 N–H and O–H groups in total. The van der Waals surface area contributed by atoms with Gasteiger partial charge in [0.25, 0.3) is 0 Å². The number of halogens is 1. The van der Waals surface area contributed by atoms with Crippen molar-refractivity contribution < 1.29 is 9.90 Å². The number of fused-ring (bicyclic) bond motifs is 1. The minimum atomic E-state index is -0.941. The maximum atomic E-state index is 10.8. The Kier molecular flexibility index (Phi) is 4.62. The molecule has 2 heterocycles. The zero-order chi connectivity index (χ0) is 16.4. The molecule has 0 spiro atoms. The highest BCUT2D eigenvalue weighted by atomic mass is 127. The quantitative estimate of drug-likeness (QED) is 0.477. The molecule has 1 aromatic carbocycles. The molecule has 116 valence electrons. The van der Waals surface area contributed by atoms with E-state index in [0.29, 0.717) is 12.4 Å². The largest absolute Gasteiger partial charge is 0.478 e. The molecule has 6 nitrogen and oxygen atoms in total. The van der Waals surface area contributed by atoms with E-state index in [4.69, 9.17) is 5.11 Å². The summed E-state index contributed by atoms with van der Waals surface area (Å²) in [5, 5.41) is 17.2. The second kappa shape index (κ2) is 6.67. The Labute approximate surface area is 149 Å². The molecule has 3 rings (SSSR count). The second-order valence-corrected chi connectivity index (χ2v) is 7.61. The topological polar surface area (TPSA) is 87.8 Å². The third kappa shape index (κ3) is 3.37. The van der Waals surface area contributed by atoms with Crippen LogP contribution in [-0.4, -0.2) is 21.0 Å². The van der Waals surface area contributed by atoms with Crippen LogP contribution in [0, 0.1) is 9.81 Å². The van der Waals surface area contributed by atoms with E-state index in [0.717, 1.165) is 21.3 Å². The predicted molar refractivity (Wildman–Crippen MR) is 96.5 cm³/mol. The highest BCUT2D eigenvalue weighted by molar-refractivity contribution is 14.1. The van der Waals surface area contributed by atoms with Crippen molar-refractivity contribution in [1.29, 1.82) is 0 Å². The van der Waals surface area contributed by atoms with Gasteiger partial charge in [-0.1, -0.05) is 12.1 Å². The number of carbonyl (C=O) groups is 1. The van der Waals surface area contributed by atoms with E-state index in [1.807, 2.05) is 6.92 Å². The molecule has 0 fully saturated rings. The molecule has 0 bridgehead atoms. The van der Waals surface area contributed by atoms with Gasteiger partial charge in [0.15, 0.2) is 5.82 Å². The van der Waals surface area contributed by atoms with E-state index in [9.17, 15) is 4.79 Å². The van der Waals surface area contributed by atoms with Crippen LogP contribution in [-0.2, 0) is 6.54 Å². The number of hydrogen-bond acceptors (Lipinski definition) is 6. The van der Waals surface area contributed by atoms with Crippen LogP contribution in [0.5, 0.6) is 0 Å². The van der Waals surface area contributed by atoms with Crippen LogP contribution in [0.3, 0.4) is 0 Å². The third-order valence-corrected chi connectivity index (χ3v) is 5.78. The molecule has 0 radical (unpaired) electrons. The van der Waals surface area contributed by atoms with Gasteiger partial charge in [-0.15, -0.1) is 16.5 Å². The number of carboxylic acids is 1. The van der Waals surface area contributed by atoms with E-state index in [2.05, 4.69) is 42.8 Å². The van der Waals surface area contributed by atoms with Gasteiger partial charge in [-0.25, -0.2) is 14.8 Å². The van der Waals surface area contributed by atoms with Crippen LogP contribution in [0.15, 0.2) is 40.8 Å². The standard InChI is InChI=1S/C15H11IN4O2S/c1-8-11-12(23-13(8)16)14(18-7-17-11)20-19-6-9-2-4-10(5-3-9)15(21)22/h2-5,7H,6H2,1H3,(H,21,22). The van der Waals surface area contributed by atoms with Crippen LogP contribution < -0.4 is 0 Å². The summed E-state index contributed by atoms with van der Waals surface area (Å²) in [6, 6.07) is 6.58. The Morgan fingerprint density at radius 3 is 2.74 bits per heavy atom. The molecular formula is C15H11IN4O2S. The number of benzene rings is 1. The Morgan fingerprint density at radius 2 is 2.04 bits per heavy atom. The summed E-state index contributed by atoms with van der Waals surface area (Å²) in [6.07, 6.45) is 1.49. The number of rotatable bonds is 4. The van der Waals surface area contributed by atoms with E-state index < -0.39 is 5.97 Å². The number of aryl methyl sites for hydroxylation is 1. The van der Waals surface area contributed by atoms with Crippen LogP contribution in [0.4, 0.5) is 5.82 Å². The summed E-state index contributed by atoms with van der Waals surface area (Å²) in [4.78, 5) is 19.3. The smallest absolute Gasteiger partial charge is 0.335 e. The van der Waals surface area contributed by atoms with Gasteiger partial charge in [0.2, 0.25) is 0 Å². The van der Waals surface area contributed by atoms with Crippen molar-refractivity contribution in [3.05, 3.63) is 50.2 Å². The second-order valence-electron chi connectivity index (χ2n) is 4.78. The molecule has 0 atom stereocenters. The minimum absolute atomic E-state index is 0.256. The first kappa shape index (κ1) is 15.9. The Bertz CT molecular complexity index is 906. The van der Waals surface area contributed by atoms with Crippen LogP contribution in [0.2, 0.25) is 0 Å². The molecule has 0 amide bonds. The SMILES string of the molecule is Cc1c(I)sc2c(N=NCc3ccc(C(=O)O)cc3)ncnc12. The normalized spacial score (nSPS) is 11.4. The van der Waals surface area contributed by atoms with Gasteiger partial charge in [-0.2, -0.15) is 5.11 Å². The molecular weight excluding hydrogens is 427 g/mol. The van der Waals surface area contributed by atoms with E-state index in [-0.39, 0.29) is 5.56 Å². The van der Waals surface area contributed by atoms with Gasteiger partial charge >= 0.3 is 5.97 Å². The predicted octanol–water partition coefficient (Wildman–Crippen LogP) is 4.59. The zero-order valence-corrected chi connectivity index (χ0v) is 15.0. The highest BCUT2D eigenvalue weighted by Crippen LogP contribution is 2.35. The Balaban J connectivity index is 1.80. The number of carboxylic acid groups (broad SMARTS) is 1. The zero-order valence-electron chi connectivity index (χ0n) is 12.0. The summed E-state index contributed by atoms with van der Waals surface area (Å²) >= 11 is 3.88. The fourth-order valence-electron chi connectivity index (χ4n) is 1.99. The van der Waals surface area contributed by atoms with Gasteiger partial charge in [0.1, 0.15) is 11.0 Å². The number of nitrogens with zero attached hydrogens (tertiary/aromatic N) is 4. The summed E-state index contributed by atoms with van der Waals surface area (Å²) in [6.45, 7) is 2.39. The van der Waals surface area contributed by atoms with Crippen molar-refractivity contribution in [2.75, 3.05) is 0 Å². The van der Waals surface area contributed by atoms with E-state index in [1.54, 1.807) is 35.6 Å². The van der Waals surface area contributed by atoms with Gasteiger partial charge in [-0.05, 0) is 52.8 Å². The lowest BCUT2D eigenvalue weighted by molar-refractivity contribution is 0.0697. The van der Waals surface area contributed by atoms with Crippen molar-refractivity contribution in [2.45, 2.75) is 13.5 Å². The monoisotopic (exact) mass is 438 g/mol. The molecule has 0 saturated heterocycles. The number of azo groups is 1. The van der Waals surface area contributed by atoms with Crippen molar-refractivity contribution >= 4 is 55.9 Å². The number of hydrogen-bond donors (Lipinski definition) is 1. The molecule has 23 heavy (non-hydrogen) atoms. The molecule has 0 saturated carbocycles. The van der Waals surface area contributed by atoms with Gasteiger partial charge in [0, 0.05) is 0 Å². The summed E-state index contributed by atoms with van der Waals surface area (Å²) in [7, 11) is 0. The average Bonchev–Trinajstić information content (AvgIpc) is 2.84. The Morgan fingerprint density at radius 1 is 1.30 bits per heavy atom. The lowest BCUT2D eigenvalue weighted by atomic mass is 10.1. The number of aromatic nitrogens is 2. The fourth-order valence-corrected chi connectivity index (χ4v) is 3.83. The van der Waals surface area contributed by atoms with Gasteiger partial charge in [-0.3, -0.25) is 0 Å². The minimum Gasteiger partial charge on any atom is -0.478 e. The number of aromatic carboxylic acids is 1. The molecule has 2 aromatic heterocycles. The number of thiophene rings is 1. The molecule has 3 aromatic rings. The first-order valence-corrected chi connectivity index (χ1v) is 8.55. The summed E-state index contributed by atoms with van der Waals surface area (Å²) < 4.78 is 2.10. The first-order valence-electron chi connectivity index (χ1n) is 6.65. The van der Waals surface area contributed by atoms with Gasteiger partial charge < -0.3 is 5.11 Å². The summed E-state index contributed by atoms with van der Waals surface area (Å²) in [5.74, 6) is -0.377. The highest BCUT2D eigenvalue weighted by Gasteiger charge is 2.11. The third-order valence-electron chi connectivity index (χ3n) is 3.25. The summed E-state index contributed by atoms with van der Waals surface area (Å²) in [5.41, 5.74) is 3.19. The average molecular weight is 438 g/mol. The molecule has 0 aliphatic rings. The maximum absolute atomic E-state index is 10.8. The lowest BCUT2D eigenvalue weighted by Crippen LogP contribution is -1.95. The van der Waals surface area contributed by atoms with E-state index in [1.165, 1.54) is 9.21 Å². The lowest BCUT2D eigenvalue weighted by Gasteiger charge is -1.98. The van der Waals surface area contributed by atoms with Crippen LogP contribution >= 0.6 is 33.9 Å². The fraction of sp³-hybridized carbons (Fsp3) is 0.133. The maximum Gasteiger partial charge on any atom is 0.335 e. The van der Waals surface area contributed by atoms with Crippen molar-refractivity contribution in [2.24, 2.45) is 10.2 Å². The van der Waals surface area contributed by atoms with Crippen LogP contribution in [0.1, 0.15) is 21.5 Å². The molecule has 0 aliphatic carbocycles. The van der Waals surface area contributed by atoms with Crippen molar-refractivity contribution in [3.63, 3.8) is 0 Å². The van der Waals surface area contributed by atoms with Crippen molar-refractivity contribution in [3.8, 4) is 0 Å². The molecule has 0 unspecified atom stereocenters. The van der Waals surface area contributed by atoms with Crippen molar-refractivity contribution in [1.82, 2.24) is 9.97 Å². The first-order chi connectivity index (χ1) is 11.1. The van der Waals surface area contributed by atoms with E-state index >= 15 is 0 Å². The molecule has 8 heteroatoms. The molecule has 0 aliphatic heterocycles. The van der Waals surface area contributed by atoms with Crippen LogP contribution in [0.25, 0.3) is 10.2 Å².